The van der Waals surface area contributed by atoms with Gasteiger partial charge in [-0.1, -0.05) is 50.6 Å². The summed E-state index contributed by atoms with van der Waals surface area (Å²) in [6.07, 6.45) is 1.33. The Morgan fingerprint density at radius 2 is 1.93 bits per heavy atom. The molecule has 1 fully saturated rings. The fourth-order valence-electron chi connectivity index (χ4n) is 2.64. The minimum atomic E-state index is 0.874. The zero-order valence-electron chi connectivity index (χ0n) is 9.82. The van der Waals surface area contributed by atoms with E-state index in [1.165, 1.54) is 25.1 Å². The zero-order valence-corrected chi connectivity index (χ0v) is 9.82. The second kappa shape index (κ2) is 4.80. The minimum Gasteiger partial charge on any atom is -0.299 e. The quantitative estimate of drug-likeness (QED) is 0.729. The molecule has 1 saturated heterocycles. The summed E-state index contributed by atoms with van der Waals surface area (Å²) in [7, 11) is 0. The molecule has 0 amide bonds. The molecule has 2 unspecified atom stereocenters. The van der Waals surface area contributed by atoms with Crippen LogP contribution in [0.3, 0.4) is 0 Å². The molecule has 0 saturated carbocycles. The highest BCUT2D eigenvalue weighted by molar-refractivity contribution is 5.14. The summed E-state index contributed by atoms with van der Waals surface area (Å²) in [5, 5.41) is 0. The van der Waals surface area contributed by atoms with Gasteiger partial charge in [0.05, 0.1) is 0 Å². The molecule has 1 heteroatoms. The molecule has 0 N–H and O–H groups in total. The molecule has 1 heterocycles. The van der Waals surface area contributed by atoms with Crippen LogP contribution in [0.5, 0.6) is 0 Å². The van der Waals surface area contributed by atoms with E-state index in [9.17, 15) is 0 Å². The number of likely N-dealkylation sites (tertiary alicyclic amines) is 1. The maximum atomic E-state index is 2.59. The molecule has 2 rings (SSSR count). The van der Waals surface area contributed by atoms with Crippen molar-refractivity contribution in [1.29, 1.82) is 0 Å². The van der Waals surface area contributed by atoms with E-state index in [4.69, 9.17) is 0 Å². The molecule has 15 heavy (non-hydrogen) atoms. The van der Waals surface area contributed by atoms with Crippen molar-refractivity contribution in [2.45, 2.75) is 26.8 Å². The van der Waals surface area contributed by atoms with E-state index in [2.05, 4.69) is 49.1 Å². The Morgan fingerprint density at radius 1 is 1.20 bits per heavy atom. The zero-order chi connectivity index (χ0) is 10.7. The van der Waals surface area contributed by atoms with Crippen molar-refractivity contribution in [1.82, 2.24) is 4.90 Å². The Balaban J connectivity index is 1.92. The second-order valence-electron chi connectivity index (χ2n) is 4.83. The van der Waals surface area contributed by atoms with Crippen molar-refractivity contribution in [3.63, 3.8) is 0 Å². The minimum absolute atomic E-state index is 0.874. The lowest BCUT2D eigenvalue weighted by molar-refractivity contribution is 0.313. The predicted molar refractivity (Wildman–Crippen MR) is 64.7 cm³/mol. The molecule has 0 bridgehead atoms. The summed E-state index contributed by atoms with van der Waals surface area (Å²) in [5.74, 6) is 1.78. The van der Waals surface area contributed by atoms with Gasteiger partial charge in [-0.3, -0.25) is 4.90 Å². The summed E-state index contributed by atoms with van der Waals surface area (Å²) < 4.78 is 0. The summed E-state index contributed by atoms with van der Waals surface area (Å²) >= 11 is 0. The number of hydrogen-bond acceptors (Lipinski definition) is 1. The SMILES string of the molecule is CCC1CN(Cc2ccccc2)CC1C. The first-order chi connectivity index (χ1) is 7.29. The van der Waals surface area contributed by atoms with Crippen molar-refractivity contribution >= 4 is 0 Å². The molecule has 2 atom stereocenters. The number of rotatable bonds is 3. The Morgan fingerprint density at radius 3 is 2.53 bits per heavy atom. The molecule has 1 aromatic carbocycles. The molecule has 1 aliphatic rings. The van der Waals surface area contributed by atoms with Gasteiger partial charge in [-0.2, -0.15) is 0 Å². The van der Waals surface area contributed by atoms with Gasteiger partial charge in [-0.05, 0) is 17.4 Å². The van der Waals surface area contributed by atoms with Gasteiger partial charge < -0.3 is 0 Å². The highest BCUT2D eigenvalue weighted by Gasteiger charge is 2.27. The van der Waals surface area contributed by atoms with Crippen molar-refractivity contribution in [2.75, 3.05) is 13.1 Å². The van der Waals surface area contributed by atoms with Crippen LogP contribution in [0.4, 0.5) is 0 Å². The number of nitrogens with zero attached hydrogens (tertiary/aromatic N) is 1. The van der Waals surface area contributed by atoms with Gasteiger partial charge in [0.1, 0.15) is 0 Å². The topological polar surface area (TPSA) is 3.24 Å². The lowest BCUT2D eigenvalue weighted by Gasteiger charge is -2.15. The molecule has 0 aromatic heterocycles. The van der Waals surface area contributed by atoms with Crippen LogP contribution >= 0.6 is 0 Å². The third-order valence-electron chi connectivity index (χ3n) is 3.62. The third kappa shape index (κ3) is 2.60. The van der Waals surface area contributed by atoms with Crippen LogP contribution in [-0.2, 0) is 6.54 Å². The van der Waals surface area contributed by atoms with Gasteiger partial charge in [-0.25, -0.2) is 0 Å². The maximum absolute atomic E-state index is 2.59. The van der Waals surface area contributed by atoms with Crippen molar-refractivity contribution < 1.29 is 0 Å². The van der Waals surface area contributed by atoms with Crippen molar-refractivity contribution in [2.24, 2.45) is 11.8 Å². The van der Waals surface area contributed by atoms with Crippen LogP contribution in [0, 0.1) is 11.8 Å². The first-order valence-corrected chi connectivity index (χ1v) is 6.06. The van der Waals surface area contributed by atoms with Gasteiger partial charge in [0.15, 0.2) is 0 Å². The molecule has 1 nitrogen and oxygen atoms in total. The van der Waals surface area contributed by atoms with Crippen LogP contribution in [0.15, 0.2) is 30.3 Å². The van der Waals surface area contributed by atoms with Gasteiger partial charge in [-0.15, -0.1) is 0 Å². The summed E-state index contributed by atoms with van der Waals surface area (Å²) in [4.78, 5) is 2.59. The Kier molecular flexibility index (Phi) is 3.42. The molecule has 1 aliphatic heterocycles. The van der Waals surface area contributed by atoms with E-state index in [0.29, 0.717) is 0 Å². The molecule has 0 radical (unpaired) electrons. The predicted octanol–water partition coefficient (Wildman–Crippen LogP) is 3.16. The Hall–Kier alpha value is -0.820. The average Bonchev–Trinajstić information content (AvgIpc) is 2.60. The first-order valence-electron chi connectivity index (χ1n) is 6.06. The fourth-order valence-corrected chi connectivity index (χ4v) is 2.64. The van der Waals surface area contributed by atoms with E-state index >= 15 is 0 Å². The van der Waals surface area contributed by atoms with Gasteiger partial charge in [0, 0.05) is 19.6 Å². The average molecular weight is 203 g/mol. The number of hydrogen-bond donors (Lipinski definition) is 0. The van der Waals surface area contributed by atoms with Crippen molar-refractivity contribution in [3.05, 3.63) is 35.9 Å². The highest BCUT2D eigenvalue weighted by Crippen LogP contribution is 2.26. The largest absolute Gasteiger partial charge is 0.299 e. The van der Waals surface area contributed by atoms with Crippen LogP contribution in [0.2, 0.25) is 0 Å². The standard InChI is InChI=1S/C14H21N/c1-3-14-11-15(9-12(14)2)10-13-7-5-4-6-8-13/h4-8,12,14H,3,9-11H2,1-2H3. The smallest absolute Gasteiger partial charge is 0.0233 e. The van der Waals surface area contributed by atoms with Crippen molar-refractivity contribution in [3.8, 4) is 0 Å². The summed E-state index contributed by atoms with van der Waals surface area (Å²) in [5.41, 5.74) is 1.45. The molecule has 82 valence electrons. The maximum Gasteiger partial charge on any atom is 0.0233 e. The van der Waals surface area contributed by atoms with E-state index < -0.39 is 0 Å². The van der Waals surface area contributed by atoms with Gasteiger partial charge in [0.2, 0.25) is 0 Å². The molecular weight excluding hydrogens is 182 g/mol. The summed E-state index contributed by atoms with van der Waals surface area (Å²) in [6.45, 7) is 8.38. The molecule has 0 spiro atoms. The fraction of sp³-hybridized carbons (Fsp3) is 0.571. The van der Waals surface area contributed by atoms with Crippen LogP contribution in [-0.4, -0.2) is 18.0 Å². The lowest BCUT2D eigenvalue weighted by Crippen LogP contribution is -2.20. The van der Waals surface area contributed by atoms with Crippen LogP contribution in [0.25, 0.3) is 0 Å². The Bertz CT molecular complexity index is 293. The van der Waals surface area contributed by atoms with Gasteiger partial charge >= 0.3 is 0 Å². The first kappa shape index (κ1) is 10.7. The van der Waals surface area contributed by atoms with E-state index in [-0.39, 0.29) is 0 Å². The van der Waals surface area contributed by atoms with Crippen LogP contribution in [0.1, 0.15) is 25.8 Å². The number of benzene rings is 1. The summed E-state index contributed by atoms with van der Waals surface area (Å²) in [6, 6.07) is 10.8. The normalized spacial score (nSPS) is 27.1. The van der Waals surface area contributed by atoms with Gasteiger partial charge in [0.25, 0.3) is 0 Å². The molecule has 1 aromatic rings. The highest BCUT2D eigenvalue weighted by atomic mass is 15.1. The second-order valence-corrected chi connectivity index (χ2v) is 4.83. The molecule has 0 aliphatic carbocycles. The monoisotopic (exact) mass is 203 g/mol. The Labute approximate surface area is 93.1 Å². The third-order valence-corrected chi connectivity index (χ3v) is 3.62. The van der Waals surface area contributed by atoms with E-state index in [1.807, 2.05) is 0 Å². The van der Waals surface area contributed by atoms with Crippen LogP contribution < -0.4 is 0 Å². The van der Waals surface area contributed by atoms with E-state index in [0.717, 1.165) is 18.4 Å². The van der Waals surface area contributed by atoms with E-state index in [1.54, 1.807) is 0 Å². The molecular formula is C14H21N. The lowest BCUT2D eigenvalue weighted by atomic mass is 9.96.